The number of carbonyl (C=O) groups is 3. The second-order valence-corrected chi connectivity index (χ2v) is 12.1. The summed E-state index contributed by atoms with van der Waals surface area (Å²) in [7, 11) is 1.35. The van der Waals surface area contributed by atoms with Gasteiger partial charge in [0.2, 0.25) is 5.78 Å². The molecule has 12 heteroatoms. The number of rotatable bonds is 4. The number of Topliss-reactive ketones (excluding diaryl/α,β-unsaturated/α-hetero) is 1. The van der Waals surface area contributed by atoms with Gasteiger partial charge >= 0.3 is 0 Å². The molecule has 0 amide bonds. The van der Waals surface area contributed by atoms with Crippen molar-refractivity contribution in [1.82, 2.24) is 4.90 Å². The van der Waals surface area contributed by atoms with Gasteiger partial charge in [-0.1, -0.05) is 12.1 Å². The number of hydrogen-bond donors (Lipinski definition) is 4. The smallest absolute Gasteiger partial charge is 0.202 e. The molecule has 43 heavy (non-hydrogen) atoms. The standard InChI is InChI=1S/C31H33NO11/c1-12-24(34)29-23(32-9-5-8-18(32)43-29)30(41-12)42-17-11-31(39,13(2)33)10-15-20(17)28(38)22-21(26(15)36)25(35)14-6-4-7-16(40-3)19(14)27(22)37/h4,6-7,12,17-18,23-24,29-30,34,36,38-39H,5,8-11H2,1-3H3/t12-,17-,18?,23+,24+,29-,30-,31-/m0/s1. The molecule has 1 unspecified atom stereocenters. The quantitative estimate of drug-likeness (QED) is 0.321. The molecular formula is C31H33NO11. The van der Waals surface area contributed by atoms with Crippen molar-refractivity contribution in [1.29, 1.82) is 0 Å². The molecule has 0 saturated carbocycles. The first-order valence-electron chi connectivity index (χ1n) is 14.5. The molecule has 3 heterocycles. The van der Waals surface area contributed by atoms with E-state index in [9.17, 15) is 34.8 Å². The van der Waals surface area contributed by atoms with Crippen LogP contribution in [0.25, 0.3) is 0 Å². The molecule has 3 saturated heterocycles. The molecule has 5 aliphatic rings. The van der Waals surface area contributed by atoms with Gasteiger partial charge in [0.15, 0.2) is 17.9 Å². The van der Waals surface area contributed by atoms with Gasteiger partial charge in [-0.25, -0.2) is 0 Å². The van der Waals surface area contributed by atoms with Crippen LogP contribution in [0.1, 0.15) is 82.2 Å². The number of aliphatic hydroxyl groups is 2. The number of aliphatic hydroxyl groups excluding tert-OH is 1. The van der Waals surface area contributed by atoms with Crippen LogP contribution in [0.4, 0.5) is 0 Å². The van der Waals surface area contributed by atoms with E-state index in [1.807, 2.05) is 0 Å². The summed E-state index contributed by atoms with van der Waals surface area (Å²) in [4.78, 5) is 42.3. The highest BCUT2D eigenvalue weighted by Crippen LogP contribution is 2.53. The van der Waals surface area contributed by atoms with E-state index in [1.165, 1.54) is 32.2 Å². The second kappa shape index (κ2) is 9.81. The van der Waals surface area contributed by atoms with Crippen molar-refractivity contribution in [2.24, 2.45) is 0 Å². The van der Waals surface area contributed by atoms with E-state index < -0.39 is 88.7 Å². The SMILES string of the molecule is COc1cccc2c1C(=O)c1c(O)c3c(c(O)c1C2=O)C[C@@](O)(C(C)=O)C[C@@H]3O[C@@H]1O[C@@H](C)[C@@H](O)[C@H]2OC3CCCN3[C@@H]12. The van der Waals surface area contributed by atoms with Crippen LogP contribution in [0.15, 0.2) is 18.2 Å². The minimum atomic E-state index is -2.01. The number of ketones is 3. The molecular weight excluding hydrogens is 562 g/mol. The first-order valence-corrected chi connectivity index (χ1v) is 14.5. The number of phenols is 2. The zero-order valence-electron chi connectivity index (χ0n) is 23.9. The van der Waals surface area contributed by atoms with E-state index in [0.717, 1.165) is 12.8 Å². The molecule has 2 aliphatic carbocycles. The van der Waals surface area contributed by atoms with Gasteiger partial charge in [-0.15, -0.1) is 0 Å². The predicted molar refractivity (Wildman–Crippen MR) is 146 cm³/mol. The van der Waals surface area contributed by atoms with E-state index >= 15 is 0 Å². The Hall–Kier alpha value is -3.39. The van der Waals surface area contributed by atoms with Crippen LogP contribution in [-0.4, -0.2) is 98.8 Å². The Labute approximate surface area is 246 Å². The maximum absolute atomic E-state index is 13.9. The Morgan fingerprint density at radius 1 is 1.09 bits per heavy atom. The molecule has 0 radical (unpaired) electrons. The summed E-state index contributed by atoms with van der Waals surface area (Å²) in [5.41, 5.74) is -2.97. The molecule has 4 N–H and O–H groups in total. The van der Waals surface area contributed by atoms with Gasteiger partial charge < -0.3 is 39.4 Å². The average molecular weight is 596 g/mol. The van der Waals surface area contributed by atoms with E-state index in [2.05, 4.69) is 4.90 Å². The zero-order chi connectivity index (χ0) is 30.5. The number of nitrogens with zero attached hydrogens (tertiary/aromatic N) is 1. The van der Waals surface area contributed by atoms with Crippen molar-refractivity contribution in [2.45, 2.75) is 88.1 Å². The molecule has 0 spiro atoms. The van der Waals surface area contributed by atoms with E-state index in [-0.39, 0.29) is 40.7 Å². The van der Waals surface area contributed by atoms with Gasteiger partial charge in [-0.05, 0) is 32.8 Å². The first-order chi connectivity index (χ1) is 20.5. The second-order valence-electron chi connectivity index (χ2n) is 12.1. The minimum absolute atomic E-state index is 0.00691. The maximum atomic E-state index is 13.9. The van der Waals surface area contributed by atoms with Gasteiger partial charge in [0.1, 0.15) is 41.3 Å². The van der Waals surface area contributed by atoms with Gasteiger partial charge in [0.25, 0.3) is 0 Å². The van der Waals surface area contributed by atoms with Crippen molar-refractivity contribution in [2.75, 3.05) is 13.7 Å². The molecule has 0 aromatic heterocycles. The molecule has 228 valence electrons. The van der Waals surface area contributed by atoms with Gasteiger partial charge in [-0.2, -0.15) is 0 Å². The Morgan fingerprint density at radius 3 is 2.56 bits per heavy atom. The number of ether oxygens (including phenoxy) is 4. The highest BCUT2D eigenvalue weighted by molar-refractivity contribution is 6.31. The lowest BCUT2D eigenvalue weighted by atomic mass is 9.72. The fourth-order valence-electron chi connectivity index (χ4n) is 7.51. The van der Waals surface area contributed by atoms with Crippen molar-refractivity contribution < 1.29 is 53.8 Å². The molecule has 3 fully saturated rings. The number of fused-ring (bicyclic) bond motifs is 6. The number of carbonyl (C=O) groups excluding carboxylic acids is 3. The zero-order valence-corrected chi connectivity index (χ0v) is 23.9. The molecule has 0 bridgehead atoms. The third-order valence-electron chi connectivity index (χ3n) is 9.75. The molecule has 12 nitrogen and oxygen atoms in total. The molecule has 7 rings (SSSR count). The average Bonchev–Trinajstić information content (AvgIpc) is 3.57. The molecule has 3 aliphatic heterocycles. The Balaban J connectivity index is 1.37. The number of hydrogen-bond acceptors (Lipinski definition) is 12. The lowest BCUT2D eigenvalue weighted by Gasteiger charge is -2.45. The monoisotopic (exact) mass is 595 g/mol. The topological polar surface area (TPSA) is 172 Å². The number of benzene rings is 2. The van der Waals surface area contributed by atoms with Gasteiger partial charge in [0.05, 0.1) is 42.0 Å². The fraction of sp³-hybridized carbons (Fsp3) is 0.516. The largest absolute Gasteiger partial charge is 0.507 e. The highest BCUT2D eigenvalue weighted by atomic mass is 16.7. The summed E-state index contributed by atoms with van der Waals surface area (Å²) in [6.45, 7) is 3.57. The Morgan fingerprint density at radius 2 is 1.84 bits per heavy atom. The van der Waals surface area contributed by atoms with Gasteiger partial charge in [-0.3, -0.25) is 19.3 Å². The third-order valence-corrected chi connectivity index (χ3v) is 9.75. The number of methoxy groups -OCH3 is 1. The summed E-state index contributed by atoms with van der Waals surface area (Å²) in [6.07, 6.45) is -3.80. The number of aromatic hydroxyl groups is 2. The number of phenolic OH excluding ortho intramolecular Hbond substituents is 2. The summed E-state index contributed by atoms with van der Waals surface area (Å²) in [5, 5.41) is 45.6. The predicted octanol–water partition coefficient (Wildman–Crippen LogP) is 1.50. The Kier molecular flexibility index (Phi) is 6.48. The van der Waals surface area contributed by atoms with Crippen LogP contribution < -0.4 is 4.74 Å². The van der Waals surface area contributed by atoms with Crippen LogP contribution in [0.5, 0.6) is 17.2 Å². The van der Waals surface area contributed by atoms with Crippen LogP contribution in [0, 0.1) is 0 Å². The normalized spacial score (nSPS) is 34.7. The third kappa shape index (κ3) is 3.94. The lowest BCUT2D eigenvalue weighted by molar-refractivity contribution is -0.277. The van der Waals surface area contributed by atoms with Crippen molar-refractivity contribution in [3.63, 3.8) is 0 Å². The molecule has 2 aromatic carbocycles. The summed E-state index contributed by atoms with van der Waals surface area (Å²) in [5.74, 6) is -3.10. The van der Waals surface area contributed by atoms with E-state index in [4.69, 9.17) is 18.9 Å². The van der Waals surface area contributed by atoms with E-state index in [1.54, 1.807) is 6.92 Å². The Bertz CT molecular complexity index is 1570. The summed E-state index contributed by atoms with van der Waals surface area (Å²) < 4.78 is 24.1. The van der Waals surface area contributed by atoms with Crippen LogP contribution >= 0.6 is 0 Å². The van der Waals surface area contributed by atoms with Crippen LogP contribution in [0.2, 0.25) is 0 Å². The van der Waals surface area contributed by atoms with Crippen molar-refractivity contribution in [3.05, 3.63) is 51.6 Å². The maximum Gasteiger partial charge on any atom is 0.202 e. The first kappa shape index (κ1) is 28.4. The van der Waals surface area contributed by atoms with Crippen LogP contribution in [0.3, 0.4) is 0 Å². The van der Waals surface area contributed by atoms with E-state index in [0.29, 0.717) is 6.54 Å². The molecule has 2 aromatic rings. The summed E-state index contributed by atoms with van der Waals surface area (Å²) in [6, 6.07) is 3.96. The molecule has 8 atom stereocenters. The van der Waals surface area contributed by atoms with Gasteiger partial charge in [0, 0.05) is 36.1 Å². The van der Waals surface area contributed by atoms with Crippen molar-refractivity contribution >= 4 is 17.3 Å². The fourth-order valence-corrected chi connectivity index (χ4v) is 7.51. The summed E-state index contributed by atoms with van der Waals surface area (Å²) >= 11 is 0. The van der Waals surface area contributed by atoms with Crippen LogP contribution in [-0.2, 0) is 25.4 Å². The van der Waals surface area contributed by atoms with Crippen molar-refractivity contribution in [3.8, 4) is 17.2 Å². The lowest BCUT2D eigenvalue weighted by Crippen LogP contribution is -2.60. The highest BCUT2D eigenvalue weighted by Gasteiger charge is 2.57. The minimum Gasteiger partial charge on any atom is -0.507 e.